The third kappa shape index (κ3) is 4.08. The molecule has 3 aliphatic heterocycles. The first-order chi connectivity index (χ1) is 17.0. The van der Waals surface area contributed by atoms with Crippen LogP contribution in [0, 0.1) is 5.92 Å². The molecule has 0 bridgehead atoms. The predicted octanol–water partition coefficient (Wildman–Crippen LogP) is 5.63. The second-order valence-electron chi connectivity index (χ2n) is 10.8. The highest BCUT2D eigenvalue weighted by Crippen LogP contribution is 2.50. The Morgan fingerprint density at radius 2 is 1.86 bits per heavy atom. The van der Waals surface area contributed by atoms with Crippen LogP contribution in [-0.2, 0) is 10.3 Å². The van der Waals surface area contributed by atoms with Gasteiger partial charge in [-0.25, -0.2) is 4.98 Å². The number of benzene rings is 1. The number of hydrogen-bond donors (Lipinski definition) is 0. The molecular weight excluding hydrogens is 432 g/mol. The minimum Gasteiger partial charge on any atom is -0.343 e. The predicted molar refractivity (Wildman–Crippen MR) is 142 cm³/mol. The lowest BCUT2D eigenvalue weighted by Crippen LogP contribution is -2.44. The summed E-state index contributed by atoms with van der Waals surface area (Å²) in [6, 6.07) is 9.89. The van der Waals surface area contributed by atoms with Crippen LogP contribution in [0.4, 0.5) is 0 Å². The number of nitrogens with zero attached hydrogens (tertiary/aromatic N) is 4. The molecule has 2 fully saturated rings. The van der Waals surface area contributed by atoms with Crippen molar-refractivity contribution in [3.8, 4) is 11.4 Å². The van der Waals surface area contributed by atoms with Gasteiger partial charge in [0.25, 0.3) is 0 Å². The zero-order valence-electron chi connectivity index (χ0n) is 21.6. The van der Waals surface area contributed by atoms with Gasteiger partial charge < -0.3 is 9.47 Å². The molecule has 0 spiro atoms. The molecule has 1 amide bonds. The van der Waals surface area contributed by atoms with Crippen molar-refractivity contribution in [3.05, 3.63) is 66.5 Å². The molecule has 0 N–H and O–H groups in total. The molecule has 1 aromatic heterocycles. The topological polar surface area (TPSA) is 41.4 Å². The first-order valence-electron chi connectivity index (χ1n) is 13.5. The summed E-state index contributed by atoms with van der Waals surface area (Å²) in [5.41, 5.74) is 3.06. The molecule has 5 heteroatoms. The van der Waals surface area contributed by atoms with Crippen molar-refractivity contribution in [2.75, 3.05) is 19.6 Å². The van der Waals surface area contributed by atoms with Crippen molar-refractivity contribution < 1.29 is 4.79 Å². The molecule has 1 aromatic carbocycles. The van der Waals surface area contributed by atoms with Gasteiger partial charge in [-0.15, -0.1) is 0 Å². The van der Waals surface area contributed by atoms with Gasteiger partial charge in [-0.2, -0.15) is 0 Å². The number of aromatic nitrogens is 2. The number of amides is 1. The summed E-state index contributed by atoms with van der Waals surface area (Å²) in [4.78, 5) is 22.9. The fraction of sp³-hybridized carbons (Fsp3) is 0.533. The summed E-state index contributed by atoms with van der Waals surface area (Å²) >= 11 is 0. The Balaban J connectivity index is 1.28. The minimum atomic E-state index is -0.436. The maximum atomic E-state index is 13.5. The van der Waals surface area contributed by atoms with Gasteiger partial charge in [0.1, 0.15) is 5.82 Å². The lowest BCUT2D eigenvalue weighted by Gasteiger charge is -2.38. The van der Waals surface area contributed by atoms with Crippen LogP contribution in [0.5, 0.6) is 0 Å². The Morgan fingerprint density at radius 1 is 1.14 bits per heavy atom. The van der Waals surface area contributed by atoms with E-state index < -0.39 is 5.54 Å². The van der Waals surface area contributed by atoms with E-state index in [1.54, 1.807) is 0 Å². The molecule has 4 heterocycles. The van der Waals surface area contributed by atoms with Crippen LogP contribution in [0.2, 0.25) is 0 Å². The van der Waals surface area contributed by atoms with Gasteiger partial charge in [0.2, 0.25) is 5.91 Å². The fourth-order valence-corrected chi connectivity index (χ4v) is 6.92. The van der Waals surface area contributed by atoms with Crippen molar-refractivity contribution in [1.29, 1.82) is 0 Å². The molecule has 35 heavy (non-hydrogen) atoms. The first kappa shape index (κ1) is 24.1. The number of hydrogen-bond acceptors (Lipinski definition) is 3. The van der Waals surface area contributed by atoms with E-state index in [-0.39, 0.29) is 5.91 Å². The smallest absolute Gasteiger partial charge is 0.222 e. The third-order valence-electron chi connectivity index (χ3n) is 8.95. The van der Waals surface area contributed by atoms with Crippen molar-refractivity contribution in [3.63, 3.8) is 0 Å². The first-order valence-corrected chi connectivity index (χ1v) is 13.5. The second-order valence-corrected chi connectivity index (χ2v) is 10.8. The third-order valence-corrected chi connectivity index (χ3v) is 8.95. The number of piperidine rings is 1. The monoisotopic (exact) mass is 472 g/mol. The van der Waals surface area contributed by atoms with Crippen molar-refractivity contribution >= 4 is 5.91 Å². The van der Waals surface area contributed by atoms with E-state index in [0.717, 1.165) is 42.9 Å². The Labute approximate surface area is 210 Å². The maximum Gasteiger partial charge on any atom is 0.222 e. The van der Waals surface area contributed by atoms with Crippen LogP contribution < -0.4 is 0 Å². The lowest BCUT2D eigenvalue weighted by atomic mass is 9.78. The molecule has 3 aliphatic rings. The normalized spacial score (nSPS) is 27.2. The van der Waals surface area contributed by atoms with Crippen molar-refractivity contribution in [2.45, 2.75) is 76.9 Å². The quantitative estimate of drug-likeness (QED) is 0.490. The standard InChI is InChI=1S/C30H40N4O/c1-5-25(6-2)30(27-10-8-7-9-26(27)29-31-17-20-34(29)30)16-13-28(35)32-18-14-24(15-19-32)21-33-22(3)11-12-23(33)4/h5-10,17,20,22-24H,1,11-16,18-19,21H2,2-4H3/b25-6+. The van der Waals surface area contributed by atoms with Crippen LogP contribution >= 0.6 is 0 Å². The molecule has 186 valence electrons. The van der Waals surface area contributed by atoms with Gasteiger partial charge in [-0.3, -0.25) is 9.69 Å². The SMILES string of the molecule is C=C/C(=C\C)C1(CCC(=O)N2CCC(CN3C(C)CCC3C)CC2)c2ccccc2-c2nccn21. The van der Waals surface area contributed by atoms with E-state index in [2.05, 4.69) is 83.2 Å². The van der Waals surface area contributed by atoms with Crippen molar-refractivity contribution in [1.82, 2.24) is 19.4 Å². The average molecular weight is 473 g/mol. The van der Waals surface area contributed by atoms with E-state index in [0.29, 0.717) is 30.8 Å². The molecule has 0 aliphatic carbocycles. The Kier molecular flexibility index (Phi) is 6.71. The van der Waals surface area contributed by atoms with Crippen LogP contribution in [0.15, 0.2) is 61.0 Å². The summed E-state index contributed by atoms with van der Waals surface area (Å²) in [6.45, 7) is 13.9. The number of carbonyl (C=O) groups excluding carboxylic acids is 1. The Hall–Kier alpha value is -2.66. The summed E-state index contributed by atoms with van der Waals surface area (Å²) in [5.74, 6) is 1.95. The molecular formula is C30H40N4O. The Bertz CT molecular complexity index is 1100. The molecule has 2 aromatic rings. The van der Waals surface area contributed by atoms with Crippen LogP contribution in [0.25, 0.3) is 11.4 Å². The van der Waals surface area contributed by atoms with Gasteiger partial charge in [-0.05, 0) is 69.9 Å². The van der Waals surface area contributed by atoms with Crippen LogP contribution in [-0.4, -0.2) is 57.0 Å². The lowest BCUT2D eigenvalue weighted by molar-refractivity contribution is -0.133. The zero-order chi connectivity index (χ0) is 24.6. The van der Waals surface area contributed by atoms with E-state index in [1.165, 1.54) is 24.9 Å². The highest BCUT2D eigenvalue weighted by atomic mass is 16.2. The highest BCUT2D eigenvalue weighted by Gasteiger charge is 2.45. The van der Waals surface area contributed by atoms with Crippen LogP contribution in [0.3, 0.4) is 0 Å². The minimum absolute atomic E-state index is 0.274. The molecule has 3 atom stereocenters. The molecule has 0 radical (unpaired) electrons. The summed E-state index contributed by atoms with van der Waals surface area (Å²) in [7, 11) is 0. The van der Waals surface area contributed by atoms with E-state index >= 15 is 0 Å². The number of fused-ring (bicyclic) bond motifs is 3. The van der Waals surface area contributed by atoms with Crippen LogP contribution in [0.1, 0.15) is 64.9 Å². The fourth-order valence-electron chi connectivity index (χ4n) is 6.92. The summed E-state index contributed by atoms with van der Waals surface area (Å²) in [6.07, 6.45) is 14.1. The van der Waals surface area contributed by atoms with Crippen molar-refractivity contribution in [2.24, 2.45) is 5.92 Å². The zero-order valence-corrected chi connectivity index (χ0v) is 21.6. The Morgan fingerprint density at radius 3 is 2.54 bits per heavy atom. The molecule has 3 unspecified atom stereocenters. The highest BCUT2D eigenvalue weighted by molar-refractivity contribution is 5.77. The largest absolute Gasteiger partial charge is 0.343 e. The molecule has 5 nitrogen and oxygen atoms in total. The number of rotatable bonds is 7. The average Bonchev–Trinajstić information content (AvgIpc) is 3.56. The maximum absolute atomic E-state index is 13.5. The van der Waals surface area contributed by atoms with E-state index in [9.17, 15) is 4.79 Å². The molecule has 2 saturated heterocycles. The van der Waals surface area contributed by atoms with Gasteiger partial charge in [0, 0.05) is 56.1 Å². The van der Waals surface area contributed by atoms with Gasteiger partial charge >= 0.3 is 0 Å². The summed E-state index contributed by atoms with van der Waals surface area (Å²) < 4.78 is 2.26. The van der Waals surface area contributed by atoms with Gasteiger partial charge in [0.05, 0.1) is 5.54 Å². The van der Waals surface area contributed by atoms with Gasteiger partial charge in [0.15, 0.2) is 0 Å². The molecule has 5 rings (SSSR count). The number of allylic oxidation sites excluding steroid dienone is 3. The van der Waals surface area contributed by atoms with Gasteiger partial charge in [-0.1, -0.05) is 43.0 Å². The number of likely N-dealkylation sites (tertiary alicyclic amines) is 2. The number of imidazole rings is 1. The number of carbonyl (C=O) groups is 1. The molecule has 0 saturated carbocycles. The van der Waals surface area contributed by atoms with E-state index in [4.69, 9.17) is 0 Å². The summed E-state index contributed by atoms with van der Waals surface area (Å²) in [5, 5.41) is 0. The second kappa shape index (κ2) is 9.77. The van der Waals surface area contributed by atoms with E-state index in [1.807, 2.05) is 12.3 Å².